The van der Waals surface area contributed by atoms with E-state index in [9.17, 15) is 9.59 Å². The molecule has 1 aromatic rings. The van der Waals surface area contributed by atoms with Gasteiger partial charge in [0, 0.05) is 43.7 Å². The number of aryl methyl sites for hydroxylation is 1. The fourth-order valence-electron chi connectivity index (χ4n) is 3.14. The van der Waals surface area contributed by atoms with Crippen molar-refractivity contribution in [3.05, 3.63) is 28.8 Å². The van der Waals surface area contributed by atoms with Gasteiger partial charge in [-0.05, 0) is 49.9 Å². The molecule has 0 bridgehead atoms. The molecule has 7 heteroatoms. The molecule has 1 N–H and O–H groups in total. The zero-order valence-electron chi connectivity index (χ0n) is 15.9. The summed E-state index contributed by atoms with van der Waals surface area (Å²) < 4.78 is 5.70. The maximum atomic E-state index is 12.3. The van der Waals surface area contributed by atoms with Crippen molar-refractivity contribution in [3.8, 4) is 5.75 Å². The first-order valence-electron chi connectivity index (χ1n) is 9.70. The Bertz CT molecular complexity index is 670. The van der Waals surface area contributed by atoms with Gasteiger partial charge in [0.05, 0.1) is 13.2 Å². The SMILES string of the molecule is Cc1cc(OCCCC(=O)N2CCN(CC(=O)NC3CC3)CC2)ccc1Cl. The van der Waals surface area contributed by atoms with Crippen molar-refractivity contribution in [3.63, 3.8) is 0 Å². The van der Waals surface area contributed by atoms with Gasteiger partial charge in [-0.2, -0.15) is 0 Å². The lowest BCUT2D eigenvalue weighted by Gasteiger charge is -2.34. The standard InChI is InChI=1S/C20H28ClN3O3/c1-15-13-17(6-7-18(15)21)27-12-2-3-20(26)24-10-8-23(9-11-24)14-19(25)22-16-4-5-16/h6-7,13,16H,2-5,8-12,14H2,1H3,(H,22,25). The molecule has 0 spiro atoms. The summed E-state index contributed by atoms with van der Waals surface area (Å²) in [6, 6.07) is 5.97. The Kier molecular flexibility index (Phi) is 6.96. The van der Waals surface area contributed by atoms with Crippen LogP contribution in [0.25, 0.3) is 0 Å². The van der Waals surface area contributed by atoms with E-state index in [0.717, 1.165) is 42.3 Å². The number of amides is 2. The molecule has 148 valence electrons. The number of hydrogen-bond donors (Lipinski definition) is 1. The molecular weight excluding hydrogens is 366 g/mol. The molecule has 6 nitrogen and oxygen atoms in total. The monoisotopic (exact) mass is 393 g/mol. The summed E-state index contributed by atoms with van der Waals surface area (Å²) in [7, 11) is 0. The maximum Gasteiger partial charge on any atom is 0.234 e. The second-order valence-corrected chi connectivity index (χ2v) is 7.77. The molecule has 2 fully saturated rings. The van der Waals surface area contributed by atoms with E-state index in [1.807, 2.05) is 30.0 Å². The summed E-state index contributed by atoms with van der Waals surface area (Å²) in [6.07, 6.45) is 3.38. The molecule has 0 aromatic heterocycles. The Morgan fingerprint density at radius 2 is 1.96 bits per heavy atom. The van der Waals surface area contributed by atoms with Crippen molar-refractivity contribution < 1.29 is 14.3 Å². The third-order valence-electron chi connectivity index (χ3n) is 4.97. The van der Waals surface area contributed by atoms with E-state index in [0.29, 0.717) is 45.1 Å². The van der Waals surface area contributed by atoms with Crippen LogP contribution < -0.4 is 10.1 Å². The van der Waals surface area contributed by atoms with Crippen molar-refractivity contribution in [2.24, 2.45) is 0 Å². The van der Waals surface area contributed by atoms with Gasteiger partial charge in [0.1, 0.15) is 5.75 Å². The number of halogens is 1. The maximum absolute atomic E-state index is 12.3. The van der Waals surface area contributed by atoms with Crippen LogP contribution in [0.2, 0.25) is 5.02 Å². The van der Waals surface area contributed by atoms with Gasteiger partial charge in [-0.3, -0.25) is 14.5 Å². The summed E-state index contributed by atoms with van der Waals surface area (Å²) in [5.74, 6) is 1.04. The van der Waals surface area contributed by atoms with Crippen LogP contribution in [0.15, 0.2) is 18.2 Å². The highest BCUT2D eigenvalue weighted by atomic mass is 35.5. The average Bonchev–Trinajstić information content (AvgIpc) is 3.46. The first-order chi connectivity index (χ1) is 13.0. The number of ether oxygens (including phenoxy) is 1. The predicted molar refractivity (Wildman–Crippen MR) is 105 cm³/mol. The number of benzene rings is 1. The highest BCUT2D eigenvalue weighted by Gasteiger charge is 2.26. The molecule has 2 aliphatic rings. The number of nitrogens with one attached hydrogen (secondary N) is 1. The molecule has 27 heavy (non-hydrogen) atoms. The Morgan fingerprint density at radius 1 is 1.22 bits per heavy atom. The fraction of sp³-hybridized carbons (Fsp3) is 0.600. The van der Waals surface area contributed by atoms with Gasteiger partial charge in [0.2, 0.25) is 11.8 Å². The Hall–Kier alpha value is -1.79. The number of hydrogen-bond acceptors (Lipinski definition) is 4. The van der Waals surface area contributed by atoms with E-state index < -0.39 is 0 Å². The minimum atomic E-state index is 0.104. The van der Waals surface area contributed by atoms with Crippen LogP contribution >= 0.6 is 11.6 Å². The van der Waals surface area contributed by atoms with Crippen LogP contribution in [0, 0.1) is 6.92 Å². The summed E-state index contributed by atoms with van der Waals surface area (Å²) >= 11 is 6.00. The highest BCUT2D eigenvalue weighted by Crippen LogP contribution is 2.21. The summed E-state index contributed by atoms with van der Waals surface area (Å²) in [6.45, 7) is 5.77. The number of piperazine rings is 1. The average molecular weight is 394 g/mol. The van der Waals surface area contributed by atoms with Gasteiger partial charge in [-0.15, -0.1) is 0 Å². The normalized spacial score (nSPS) is 17.6. The van der Waals surface area contributed by atoms with E-state index in [2.05, 4.69) is 10.2 Å². The first kappa shape index (κ1) is 20.0. The number of carbonyl (C=O) groups excluding carboxylic acids is 2. The molecule has 1 aliphatic carbocycles. The summed E-state index contributed by atoms with van der Waals surface area (Å²) in [5, 5.41) is 3.73. The fourth-order valence-corrected chi connectivity index (χ4v) is 3.26. The molecule has 2 amide bonds. The van der Waals surface area contributed by atoms with Crippen molar-refractivity contribution in [1.82, 2.24) is 15.1 Å². The van der Waals surface area contributed by atoms with E-state index in [1.54, 1.807) is 0 Å². The van der Waals surface area contributed by atoms with Crippen molar-refractivity contribution >= 4 is 23.4 Å². The molecule has 3 rings (SSSR count). The molecule has 1 aliphatic heterocycles. The number of nitrogens with zero attached hydrogens (tertiary/aromatic N) is 2. The van der Waals surface area contributed by atoms with Gasteiger partial charge in [-0.25, -0.2) is 0 Å². The third kappa shape index (κ3) is 6.40. The van der Waals surface area contributed by atoms with Gasteiger partial charge in [0.15, 0.2) is 0 Å². The first-order valence-corrected chi connectivity index (χ1v) is 10.1. The Labute approximate surface area is 165 Å². The van der Waals surface area contributed by atoms with Crippen LogP contribution in [0.3, 0.4) is 0 Å². The lowest BCUT2D eigenvalue weighted by Crippen LogP contribution is -2.51. The largest absolute Gasteiger partial charge is 0.494 e. The topological polar surface area (TPSA) is 61.9 Å². The minimum Gasteiger partial charge on any atom is -0.494 e. The van der Waals surface area contributed by atoms with Crippen LogP contribution in [0.5, 0.6) is 5.75 Å². The molecule has 1 saturated carbocycles. The number of carbonyl (C=O) groups is 2. The molecule has 0 radical (unpaired) electrons. The van der Waals surface area contributed by atoms with Gasteiger partial charge in [0.25, 0.3) is 0 Å². The molecule has 1 saturated heterocycles. The van der Waals surface area contributed by atoms with E-state index >= 15 is 0 Å². The second kappa shape index (κ2) is 9.42. The zero-order valence-corrected chi connectivity index (χ0v) is 16.6. The molecule has 0 unspecified atom stereocenters. The van der Waals surface area contributed by atoms with Crippen LogP contribution in [-0.4, -0.2) is 67.0 Å². The van der Waals surface area contributed by atoms with Gasteiger partial charge in [-0.1, -0.05) is 11.6 Å². The highest BCUT2D eigenvalue weighted by molar-refractivity contribution is 6.31. The quantitative estimate of drug-likeness (QED) is 0.688. The van der Waals surface area contributed by atoms with Gasteiger partial charge < -0.3 is 15.0 Å². The van der Waals surface area contributed by atoms with Crippen LogP contribution in [0.1, 0.15) is 31.2 Å². The summed E-state index contributed by atoms with van der Waals surface area (Å²) in [5.41, 5.74) is 0.980. The second-order valence-electron chi connectivity index (χ2n) is 7.36. The van der Waals surface area contributed by atoms with Gasteiger partial charge >= 0.3 is 0 Å². The summed E-state index contributed by atoms with van der Waals surface area (Å²) in [4.78, 5) is 28.2. The zero-order chi connectivity index (χ0) is 19.2. The third-order valence-corrected chi connectivity index (χ3v) is 5.39. The van der Waals surface area contributed by atoms with Crippen molar-refractivity contribution in [2.45, 2.75) is 38.6 Å². The van der Waals surface area contributed by atoms with Crippen LogP contribution in [0.4, 0.5) is 0 Å². The molecular formula is C20H28ClN3O3. The lowest BCUT2D eigenvalue weighted by molar-refractivity contribution is -0.133. The Morgan fingerprint density at radius 3 is 2.63 bits per heavy atom. The van der Waals surface area contributed by atoms with Crippen LogP contribution in [-0.2, 0) is 9.59 Å². The molecule has 0 atom stereocenters. The van der Waals surface area contributed by atoms with E-state index in [1.165, 1.54) is 0 Å². The van der Waals surface area contributed by atoms with Crippen molar-refractivity contribution in [2.75, 3.05) is 39.3 Å². The smallest absolute Gasteiger partial charge is 0.234 e. The molecule has 1 heterocycles. The van der Waals surface area contributed by atoms with Crippen molar-refractivity contribution in [1.29, 1.82) is 0 Å². The molecule has 1 aromatic carbocycles. The predicted octanol–water partition coefficient (Wildman–Crippen LogP) is 2.23. The lowest BCUT2D eigenvalue weighted by atomic mass is 10.2. The van der Waals surface area contributed by atoms with E-state index in [-0.39, 0.29) is 11.8 Å². The minimum absolute atomic E-state index is 0.104. The number of rotatable bonds is 8. The van der Waals surface area contributed by atoms with E-state index in [4.69, 9.17) is 16.3 Å². The Balaban J connectivity index is 1.29.